The Hall–Kier alpha value is -3.57. The zero-order valence-corrected chi connectivity index (χ0v) is 24.6. The number of amides is 4. The van der Waals surface area contributed by atoms with E-state index in [1.165, 1.54) is 6.07 Å². The van der Waals surface area contributed by atoms with Crippen molar-refractivity contribution in [1.29, 1.82) is 0 Å². The highest BCUT2D eigenvalue weighted by Gasteiger charge is 2.37. The lowest BCUT2D eigenvalue weighted by molar-refractivity contribution is -0.141. The summed E-state index contributed by atoms with van der Waals surface area (Å²) in [4.78, 5) is 64.7. The van der Waals surface area contributed by atoms with Crippen molar-refractivity contribution in [2.45, 2.75) is 103 Å². The highest BCUT2D eigenvalue weighted by molar-refractivity contribution is 6.38. The molecule has 0 radical (unpaired) electrons. The number of carbonyl (C=O) groups is 5. The minimum Gasteiger partial charge on any atom is -0.435 e. The lowest BCUT2D eigenvalue weighted by Gasteiger charge is -2.29. The Morgan fingerprint density at radius 1 is 1.05 bits per heavy atom. The highest BCUT2D eigenvalue weighted by Crippen LogP contribution is 2.32. The quantitative estimate of drug-likeness (QED) is 0.231. The first-order valence-corrected chi connectivity index (χ1v) is 14.5. The van der Waals surface area contributed by atoms with Crippen molar-refractivity contribution >= 4 is 29.4 Å². The van der Waals surface area contributed by atoms with Gasteiger partial charge in [0.1, 0.15) is 11.8 Å². The van der Waals surface area contributed by atoms with E-state index in [-0.39, 0.29) is 37.0 Å². The summed E-state index contributed by atoms with van der Waals surface area (Å²) in [5.74, 6) is -4.04. The molecule has 4 atom stereocenters. The third-order valence-corrected chi connectivity index (χ3v) is 7.42. The first-order chi connectivity index (χ1) is 19.8. The number of alkyl halides is 2. The van der Waals surface area contributed by atoms with Crippen molar-refractivity contribution in [3.8, 4) is 5.75 Å². The minimum atomic E-state index is -3.02. The van der Waals surface area contributed by atoms with E-state index in [0.717, 1.165) is 12.8 Å². The summed E-state index contributed by atoms with van der Waals surface area (Å²) < 4.78 is 30.6. The van der Waals surface area contributed by atoms with E-state index in [9.17, 15) is 32.8 Å². The largest absolute Gasteiger partial charge is 0.435 e. The van der Waals surface area contributed by atoms with Gasteiger partial charge in [-0.2, -0.15) is 8.78 Å². The Morgan fingerprint density at radius 3 is 2.31 bits per heavy atom. The molecule has 1 heterocycles. The number of hydrogen-bond acceptors (Lipinski definition) is 6. The number of hydrogen-bond donors (Lipinski definition) is 4. The molecule has 42 heavy (non-hydrogen) atoms. The number of ketones is 1. The van der Waals surface area contributed by atoms with Crippen molar-refractivity contribution in [3.63, 3.8) is 0 Å². The van der Waals surface area contributed by atoms with Crippen LogP contribution in [0.1, 0.15) is 84.1 Å². The maximum atomic E-state index is 13.6. The van der Waals surface area contributed by atoms with Gasteiger partial charge in [0.05, 0.1) is 6.04 Å². The summed E-state index contributed by atoms with van der Waals surface area (Å²) in [6.45, 7) is 4.91. The lowest BCUT2D eigenvalue weighted by Crippen LogP contribution is -2.55. The van der Waals surface area contributed by atoms with Crippen LogP contribution in [-0.4, -0.2) is 60.7 Å². The van der Waals surface area contributed by atoms with Crippen LogP contribution in [0.25, 0.3) is 0 Å². The molecule has 1 saturated heterocycles. The summed E-state index contributed by atoms with van der Waals surface area (Å²) in [6, 6.07) is 3.91. The fourth-order valence-corrected chi connectivity index (χ4v) is 5.09. The van der Waals surface area contributed by atoms with Crippen LogP contribution in [0.5, 0.6) is 5.75 Å². The smallest absolute Gasteiger partial charge is 0.387 e. The van der Waals surface area contributed by atoms with Gasteiger partial charge in [-0.15, -0.1) is 0 Å². The second-order valence-corrected chi connectivity index (χ2v) is 12.3. The van der Waals surface area contributed by atoms with E-state index in [1.54, 1.807) is 18.2 Å². The highest BCUT2D eigenvalue weighted by atomic mass is 19.3. The Labute approximate surface area is 245 Å². The summed E-state index contributed by atoms with van der Waals surface area (Å²) in [6.07, 6.45) is 2.55. The van der Waals surface area contributed by atoms with Crippen LogP contribution < -0.4 is 26.0 Å². The number of benzene rings is 1. The number of Topliss-reactive ketones (excluding diaryl/α,β-unsaturated/α-hetero) is 1. The van der Waals surface area contributed by atoms with Gasteiger partial charge in [-0.25, -0.2) is 0 Å². The van der Waals surface area contributed by atoms with Gasteiger partial charge in [-0.1, -0.05) is 45.9 Å². The molecular weight excluding hydrogens is 550 g/mol. The molecule has 1 aromatic carbocycles. The molecule has 1 unspecified atom stereocenters. The molecule has 1 aliphatic heterocycles. The van der Waals surface area contributed by atoms with Crippen LogP contribution in [-0.2, 0) is 24.0 Å². The van der Waals surface area contributed by atoms with Gasteiger partial charge >= 0.3 is 6.61 Å². The van der Waals surface area contributed by atoms with Crippen molar-refractivity contribution in [1.82, 2.24) is 21.3 Å². The van der Waals surface area contributed by atoms with Crippen molar-refractivity contribution in [3.05, 3.63) is 29.8 Å². The Balaban J connectivity index is 1.76. The van der Waals surface area contributed by atoms with Crippen LogP contribution in [0.2, 0.25) is 0 Å². The van der Waals surface area contributed by atoms with Gasteiger partial charge in [0.15, 0.2) is 0 Å². The van der Waals surface area contributed by atoms with Gasteiger partial charge in [0, 0.05) is 24.9 Å². The number of rotatable bonds is 15. The number of carbonyl (C=O) groups excluding carboxylic acids is 5. The van der Waals surface area contributed by atoms with E-state index < -0.39 is 59.5 Å². The molecule has 0 bridgehead atoms. The summed E-state index contributed by atoms with van der Waals surface area (Å²) in [5, 5.41) is 10.7. The summed E-state index contributed by atoms with van der Waals surface area (Å²) in [5.41, 5.74) is 0.0418. The number of para-hydroxylation sites is 1. The van der Waals surface area contributed by atoms with Gasteiger partial charge in [-0.3, -0.25) is 24.0 Å². The van der Waals surface area contributed by atoms with E-state index in [1.807, 2.05) is 27.7 Å². The number of halogens is 2. The molecule has 4 N–H and O–H groups in total. The zero-order chi connectivity index (χ0) is 31.0. The predicted octanol–water partition coefficient (Wildman–Crippen LogP) is 2.95. The van der Waals surface area contributed by atoms with E-state index in [2.05, 4.69) is 26.0 Å². The molecule has 1 aromatic rings. The van der Waals surface area contributed by atoms with Gasteiger partial charge in [0.25, 0.3) is 5.91 Å². The normalized spacial score (nSPS) is 18.9. The second kappa shape index (κ2) is 14.6. The molecule has 0 spiro atoms. The number of ether oxygens (including phenoxy) is 1. The summed E-state index contributed by atoms with van der Waals surface area (Å²) >= 11 is 0. The molecule has 2 fully saturated rings. The SMILES string of the molecule is CC[C@@H](CC(=O)N[C@@H](CC(C)(C)C)C(=O)NC(C[C@@H]1CCNC1=O)C(=O)C(=O)NC1CC1)c1ccccc1OC(F)F. The maximum absolute atomic E-state index is 13.6. The average molecular weight is 593 g/mol. The maximum Gasteiger partial charge on any atom is 0.387 e. The molecule has 3 rings (SSSR count). The van der Waals surface area contributed by atoms with Crippen molar-refractivity contribution < 1.29 is 37.5 Å². The third-order valence-electron chi connectivity index (χ3n) is 7.42. The zero-order valence-electron chi connectivity index (χ0n) is 24.6. The molecule has 10 nitrogen and oxygen atoms in total. The van der Waals surface area contributed by atoms with Gasteiger partial charge < -0.3 is 26.0 Å². The third kappa shape index (κ3) is 10.1. The standard InChI is InChI=1S/C30H42F2N4O6/c1-5-17(20-8-6-7-9-23(20)42-29(31)32)15-24(37)35-22(16-30(2,3)4)27(40)36-21(14-18-12-13-33-26(18)39)25(38)28(41)34-19-10-11-19/h6-9,17-19,21-22,29H,5,10-16H2,1-4H3,(H,33,39)(H,34,41)(H,35,37)(H,36,40)/t17-,18-,21?,22-/m0/s1. The van der Waals surface area contributed by atoms with E-state index in [0.29, 0.717) is 24.9 Å². The molecule has 1 saturated carbocycles. The minimum absolute atomic E-state index is 0.0158. The van der Waals surface area contributed by atoms with Crippen LogP contribution in [0, 0.1) is 11.3 Å². The lowest BCUT2D eigenvalue weighted by atomic mass is 9.87. The van der Waals surface area contributed by atoms with Crippen molar-refractivity contribution in [2.24, 2.45) is 11.3 Å². The van der Waals surface area contributed by atoms with E-state index in [4.69, 9.17) is 0 Å². The first kappa shape index (κ1) is 32.9. The molecular formula is C30H42F2N4O6. The Bertz CT molecular complexity index is 1150. The predicted molar refractivity (Wildman–Crippen MR) is 151 cm³/mol. The average Bonchev–Trinajstić information content (AvgIpc) is 3.63. The van der Waals surface area contributed by atoms with E-state index >= 15 is 0 Å². The van der Waals surface area contributed by atoms with Crippen LogP contribution >= 0.6 is 0 Å². The second-order valence-electron chi connectivity index (χ2n) is 12.3. The van der Waals surface area contributed by atoms with Crippen LogP contribution in [0.4, 0.5) is 8.78 Å². The Morgan fingerprint density at radius 2 is 1.74 bits per heavy atom. The molecule has 232 valence electrons. The van der Waals surface area contributed by atoms with Crippen LogP contribution in [0.3, 0.4) is 0 Å². The fraction of sp³-hybridized carbons (Fsp3) is 0.633. The van der Waals surface area contributed by atoms with Gasteiger partial charge in [0.2, 0.25) is 23.5 Å². The Kier molecular flexibility index (Phi) is 11.4. The number of nitrogens with one attached hydrogen (secondary N) is 4. The molecule has 1 aliphatic carbocycles. The molecule has 4 amide bonds. The fourth-order valence-electron chi connectivity index (χ4n) is 5.09. The molecule has 12 heteroatoms. The van der Waals surface area contributed by atoms with Crippen LogP contribution in [0.15, 0.2) is 24.3 Å². The monoisotopic (exact) mass is 592 g/mol. The first-order valence-electron chi connectivity index (χ1n) is 14.5. The topological polar surface area (TPSA) is 143 Å². The van der Waals surface area contributed by atoms with Crippen molar-refractivity contribution in [2.75, 3.05) is 6.54 Å². The molecule has 0 aromatic heterocycles. The van der Waals surface area contributed by atoms with Gasteiger partial charge in [-0.05, 0) is 61.5 Å². The summed E-state index contributed by atoms with van der Waals surface area (Å²) in [7, 11) is 0. The molecule has 2 aliphatic rings.